The van der Waals surface area contributed by atoms with E-state index in [9.17, 15) is 9.59 Å². The first-order chi connectivity index (χ1) is 10.9. The highest BCUT2D eigenvalue weighted by atomic mass is 79.9. The predicted octanol–water partition coefficient (Wildman–Crippen LogP) is 3.50. The van der Waals surface area contributed by atoms with Gasteiger partial charge in [-0.2, -0.15) is 0 Å². The standard InChI is InChI=1S/C17H18BrN3O2/c1-11-4-2-7-14(8-11)20-16(22)10-15(21-17(19)23)12-5-3-6-13(18)9-12/h2-9,15H,10H2,1H3,(H,20,22)(H3,19,21,23)/t15-/m1/s1. The average molecular weight is 376 g/mol. The van der Waals surface area contributed by atoms with Gasteiger partial charge in [0.25, 0.3) is 0 Å². The molecule has 0 aliphatic heterocycles. The summed E-state index contributed by atoms with van der Waals surface area (Å²) in [4.78, 5) is 23.5. The lowest BCUT2D eigenvalue weighted by atomic mass is 10.0. The van der Waals surface area contributed by atoms with Gasteiger partial charge in [0.05, 0.1) is 12.5 Å². The van der Waals surface area contributed by atoms with E-state index >= 15 is 0 Å². The highest BCUT2D eigenvalue weighted by Crippen LogP contribution is 2.21. The maximum Gasteiger partial charge on any atom is 0.312 e. The van der Waals surface area contributed by atoms with E-state index in [0.717, 1.165) is 21.3 Å². The van der Waals surface area contributed by atoms with Gasteiger partial charge in [-0.25, -0.2) is 4.79 Å². The monoisotopic (exact) mass is 375 g/mol. The van der Waals surface area contributed by atoms with E-state index in [1.165, 1.54) is 0 Å². The van der Waals surface area contributed by atoms with E-state index in [1.807, 2.05) is 55.5 Å². The number of nitrogens with two attached hydrogens (primary N) is 1. The number of carbonyl (C=O) groups excluding carboxylic acids is 2. The molecule has 0 bridgehead atoms. The first kappa shape index (κ1) is 17.0. The molecule has 2 aromatic carbocycles. The third kappa shape index (κ3) is 5.41. The number of benzene rings is 2. The van der Waals surface area contributed by atoms with E-state index < -0.39 is 12.1 Å². The van der Waals surface area contributed by atoms with Gasteiger partial charge in [0.15, 0.2) is 0 Å². The van der Waals surface area contributed by atoms with Crippen molar-refractivity contribution in [2.45, 2.75) is 19.4 Å². The first-order valence-corrected chi connectivity index (χ1v) is 7.91. The number of hydrogen-bond acceptors (Lipinski definition) is 2. The number of carbonyl (C=O) groups is 2. The van der Waals surface area contributed by atoms with Gasteiger partial charge >= 0.3 is 6.03 Å². The molecule has 3 amide bonds. The topological polar surface area (TPSA) is 84.2 Å². The van der Waals surface area contributed by atoms with E-state index in [4.69, 9.17) is 5.73 Å². The fraction of sp³-hybridized carbons (Fsp3) is 0.176. The van der Waals surface area contributed by atoms with Crippen LogP contribution < -0.4 is 16.4 Å². The fourth-order valence-corrected chi connectivity index (χ4v) is 2.68. The Morgan fingerprint density at radius 1 is 1.17 bits per heavy atom. The van der Waals surface area contributed by atoms with Gasteiger partial charge in [-0.05, 0) is 42.3 Å². The second kappa shape index (κ2) is 7.78. The normalized spacial score (nSPS) is 11.6. The maximum atomic E-state index is 12.3. The Kier molecular flexibility index (Phi) is 5.76. The molecule has 6 heteroatoms. The Labute approximate surface area is 143 Å². The quantitative estimate of drug-likeness (QED) is 0.746. The number of amides is 3. The zero-order valence-corrected chi connectivity index (χ0v) is 14.3. The summed E-state index contributed by atoms with van der Waals surface area (Å²) in [5.41, 5.74) is 7.81. The van der Waals surface area contributed by atoms with Crippen LogP contribution in [0.25, 0.3) is 0 Å². The largest absolute Gasteiger partial charge is 0.352 e. The molecule has 0 spiro atoms. The molecule has 0 saturated heterocycles. The van der Waals surface area contributed by atoms with Crippen molar-refractivity contribution in [2.75, 3.05) is 5.32 Å². The molecule has 0 unspecified atom stereocenters. The second-order valence-electron chi connectivity index (χ2n) is 5.24. The molecule has 0 aromatic heterocycles. The van der Waals surface area contributed by atoms with Crippen molar-refractivity contribution in [3.63, 3.8) is 0 Å². The summed E-state index contributed by atoms with van der Waals surface area (Å²) in [6.07, 6.45) is 0.0906. The van der Waals surface area contributed by atoms with Crippen molar-refractivity contribution in [1.29, 1.82) is 0 Å². The predicted molar refractivity (Wildman–Crippen MR) is 94.0 cm³/mol. The zero-order valence-electron chi connectivity index (χ0n) is 12.7. The number of aryl methyl sites for hydroxylation is 1. The second-order valence-corrected chi connectivity index (χ2v) is 6.15. The lowest BCUT2D eigenvalue weighted by Gasteiger charge is -2.18. The number of rotatable bonds is 5. The van der Waals surface area contributed by atoms with Crippen LogP contribution in [0.4, 0.5) is 10.5 Å². The van der Waals surface area contributed by atoms with E-state index in [1.54, 1.807) is 0 Å². The van der Waals surface area contributed by atoms with Crippen molar-refractivity contribution in [3.05, 3.63) is 64.1 Å². The van der Waals surface area contributed by atoms with Crippen LogP contribution in [0.15, 0.2) is 53.0 Å². The van der Waals surface area contributed by atoms with Crippen LogP contribution in [0.3, 0.4) is 0 Å². The van der Waals surface area contributed by atoms with Gasteiger partial charge in [-0.15, -0.1) is 0 Å². The van der Waals surface area contributed by atoms with Crippen molar-refractivity contribution < 1.29 is 9.59 Å². The Hall–Kier alpha value is -2.34. The zero-order chi connectivity index (χ0) is 16.8. The molecule has 5 nitrogen and oxygen atoms in total. The van der Waals surface area contributed by atoms with Gasteiger partial charge in [0.1, 0.15) is 0 Å². The molecule has 0 fully saturated rings. The lowest BCUT2D eigenvalue weighted by molar-refractivity contribution is -0.116. The van der Waals surface area contributed by atoms with Gasteiger partial charge < -0.3 is 16.4 Å². The van der Waals surface area contributed by atoms with E-state index in [2.05, 4.69) is 26.6 Å². The summed E-state index contributed by atoms with van der Waals surface area (Å²) < 4.78 is 0.866. The van der Waals surface area contributed by atoms with Gasteiger partial charge in [-0.3, -0.25) is 4.79 Å². The van der Waals surface area contributed by atoms with Crippen molar-refractivity contribution in [3.8, 4) is 0 Å². The summed E-state index contributed by atoms with van der Waals surface area (Å²) in [6.45, 7) is 1.95. The molecule has 4 N–H and O–H groups in total. The van der Waals surface area contributed by atoms with Crippen LogP contribution in [0.2, 0.25) is 0 Å². The Morgan fingerprint density at radius 3 is 2.57 bits per heavy atom. The highest BCUT2D eigenvalue weighted by Gasteiger charge is 2.18. The number of hydrogen-bond donors (Lipinski definition) is 3. The summed E-state index contributed by atoms with van der Waals surface area (Å²) >= 11 is 3.38. The van der Waals surface area contributed by atoms with Crippen LogP contribution in [-0.4, -0.2) is 11.9 Å². The lowest BCUT2D eigenvalue weighted by Crippen LogP contribution is -2.35. The molecule has 0 saturated carbocycles. The molecule has 1 atom stereocenters. The van der Waals surface area contributed by atoms with Crippen LogP contribution in [0.5, 0.6) is 0 Å². The van der Waals surface area contributed by atoms with Crippen molar-refractivity contribution in [2.24, 2.45) is 5.73 Å². The van der Waals surface area contributed by atoms with Crippen LogP contribution in [0.1, 0.15) is 23.6 Å². The minimum absolute atomic E-state index is 0.0906. The number of urea groups is 1. The Bertz CT molecular complexity index is 718. The molecule has 120 valence electrons. The summed E-state index contributed by atoms with van der Waals surface area (Å²) in [6, 6.07) is 13.8. The number of nitrogens with one attached hydrogen (secondary N) is 2. The number of halogens is 1. The van der Waals surface area contributed by atoms with Gasteiger partial charge in [0, 0.05) is 10.2 Å². The molecule has 0 aliphatic rings. The Morgan fingerprint density at radius 2 is 1.91 bits per heavy atom. The summed E-state index contributed by atoms with van der Waals surface area (Å²) in [5.74, 6) is -0.200. The molecule has 0 heterocycles. The molecule has 0 radical (unpaired) electrons. The van der Waals surface area contributed by atoms with Gasteiger partial charge in [-0.1, -0.05) is 40.2 Å². The van der Waals surface area contributed by atoms with E-state index in [0.29, 0.717) is 0 Å². The van der Waals surface area contributed by atoms with Crippen molar-refractivity contribution in [1.82, 2.24) is 5.32 Å². The smallest absolute Gasteiger partial charge is 0.312 e. The summed E-state index contributed by atoms with van der Waals surface area (Å²) in [5, 5.41) is 5.44. The summed E-state index contributed by atoms with van der Waals surface area (Å²) in [7, 11) is 0. The Balaban J connectivity index is 2.11. The van der Waals surface area contributed by atoms with E-state index in [-0.39, 0.29) is 12.3 Å². The molecular formula is C17H18BrN3O2. The SMILES string of the molecule is Cc1cccc(NC(=O)C[C@@H](NC(N)=O)c2cccc(Br)c2)c1. The molecule has 23 heavy (non-hydrogen) atoms. The van der Waals surface area contributed by atoms with Crippen LogP contribution in [0, 0.1) is 6.92 Å². The highest BCUT2D eigenvalue weighted by molar-refractivity contribution is 9.10. The molecule has 2 rings (SSSR count). The molecular weight excluding hydrogens is 358 g/mol. The molecule has 0 aliphatic carbocycles. The number of anilines is 1. The average Bonchev–Trinajstić information content (AvgIpc) is 2.46. The minimum atomic E-state index is -0.668. The van der Waals surface area contributed by atoms with Gasteiger partial charge in [0.2, 0.25) is 5.91 Å². The fourth-order valence-electron chi connectivity index (χ4n) is 2.27. The minimum Gasteiger partial charge on any atom is -0.352 e. The van der Waals surface area contributed by atoms with Crippen LogP contribution >= 0.6 is 15.9 Å². The first-order valence-electron chi connectivity index (χ1n) is 7.12. The molecule has 2 aromatic rings. The third-order valence-corrected chi connectivity index (χ3v) is 3.75. The number of primary amides is 1. The maximum absolute atomic E-state index is 12.3. The third-order valence-electron chi connectivity index (χ3n) is 3.26. The van der Waals surface area contributed by atoms with Crippen molar-refractivity contribution >= 4 is 33.6 Å². The van der Waals surface area contributed by atoms with Crippen LogP contribution in [-0.2, 0) is 4.79 Å².